The molecule has 2 rings (SSSR count). The molecule has 0 saturated heterocycles. The highest BCUT2D eigenvalue weighted by atomic mass is 32.3. The molecule has 0 saturated carbocycles. The normalized spacial score (nSPS) is 16.6. The average molecular weight is 231 g/mol. The van der Waals surface area contributed by atoms with Gasteiger partial charge in [0, 0.05) is 24.3 Å². The van der Waals surface area contributed by atoms with E-state index in [2.05, 4.69) is 8.37 Å². The van der Waals surface area contributed by atoms with Crippen molar-refractivity contribution in [3.05, 3.63) is 17.7 Å². The van der Waals surface area contributed by atoms with Gasteiger partial charge >= 0.3 is 10.4 Å². The van der Waals surface area contributed by atoms with E-state index in [1.165, 1.54) is 12.1 Å². The number of hydrogen-bond donors (Lipinski definition) is 2. The number of anilines is 1. The lowest BCUT2D eigenvalue weighted by Gasteiger charge is -2.05. The molecule has 15 heavy (non-hydrogen) atoms. The molecule has 6 nitrogen and oxygen atoms in total. The number of hydrogen-bond acceptors (Lipinski definition) is 6. The van der Waals surface area contributed by atoms with Crippen molar-refractivity contribution < 1.29 is 21.9 Å². The summed E-state index contributed by atoms with van der Waals surface area (Å²) >= 11 is 0. The van der Waals surface area contributed by atoms with Gasteiger partial charge in [-0.05, 0) is 12.1 Å². The van der Waals surface area contributed by atoms with Crippen LogP contribution in [-0.2, 0) is 16.8 Å². The van der Waals surface area contributed by atoms with Crippen molar-refractivity contribution in [1.29, 1.82) is 0 Å². The van der Waals surface area contributed by atoms with E-state index in [0.717, 1.165) is 0 Å². The van der Waals surface area contributed by atoms with Crippen LogP contribution in [0, 0.1) is 0 Å². The van der Waals surface area contributed by atoms with Crippen molar-refractivity contribution in [1.82, 2.24) is 0 Å². The van der Waals surface area contributed by atoms with Gasteiger partial charge in [0.1, 0.15) is 0 Å². The first-order chi connectivity index (χ1) is 7.03. The first-order valence-corrected chi connectivity index (χ1v) is 5.53. The van der Waals surface area contributed by atoms with Crippen molar-refractivity contribution in [2.45, 2.75) is 6.42 Å². The van der Waals surface area contributed by atoms with Gasteiger partial charge in [-0.1, -0.05) is 0 Å². The zero-order valence-electron chi connectivity index (χ0n) is 7.63. The lowest BCUT2D eigenvalue weighted by atomic mass is 10.1. The number of fused-ring (bicyclic) bond motifs is 1. The molecule has 82 valence electrons. The second-order valence-electron chi connectivity index (χ2n) is 3.01. The molecule has 0 atom stereocenters. The smallest absolute Gasteiger partial charge is 0.398 e. The van der Waals surface area contributed by atoms with Crippen LogP contribution in [0.2, 0.25) is 0 Å². The van der Waals surface area contributed by atoms with Crippen LogP contribution >= 0.6 is 0 Å². The Morgan fingerprint density at radius 3 is 2.73 bits per heavy atom. The molecular formula is C8H9NO5S. The van der Waals surface area contributed by atoms with Crippen LogP contribution in [0.4, 0.5) is 5.69 Å². The van der Waals surface area contributed by atoms with Crippen molar-refractivity contribution in [3.8, 4) is 11.5 Å². The molecule has 0 amide bonds. The second-order valence-corrected chi connectivity index (χ2v) is 4.16. The molecule has 0 spiro atoms. The van der Waals surface area contributed by atoms with Crippen LogP contribution in [0.15, 0.2) is 12.1 Å². The zero-order chi connectivity index (χ0) is 11.1. The van der Waals surface area contributed by atoms with Crippen LogP contribution in [0.5, 0.6) is 11.5 Å². The molecule has 1 aromatic rings. The van der Waals surface area contributed by atoms with Crippen molar-refractivity contribution in [2.75, 3.05) is 12.3 Å². The fraction of sp³-hybridized carbons (Fsp3) is 0.250. The van der Waals surface area contributed by atoms with Gasteiger partial charge in [0.15, 0.2) is 11.5 Å². The first-order valence-electron chi connectivity index (χ1n) is 4.19. The molecule has 0 radical (unpaired) electrons. The van der Waals surface area contributed by atoms with Crippen LogP contribution in [0.25, 0.3) is 0 Å². The fourth-order valence-corrected chi connectivity index (χ4v) is 2.15. The van der Waals surface area contributed by atoms with E-state index < -0.39 is 10.4 Å². The van der Waals surface area contributed by atoms with Crippen LogP contribution in [0.3, 0.4) is 0 Å². The summed E-state index contributed by atoms with van der Waals surface area (Å²) in [5.41, 5.74) is 6.43. The number of aliphatic hydroxyl groups excluding tert-OH is 1. The van der Waals surface area contributed by atoms with Crippen molar-refractivity contribution >= 4 is 16.1 Å². The van der Waals surface area contributed by atoms with Crippen LogP contribution in [0.1, 0.15) is 5.56 Å². The molecular weight excluding hydrogens is 222 g/mol. The van der Waals surface area contributed by atoms with Gasteiger partial charge in [-0.25, -0.2) is 0 Å². The highest BCUT2D eigenvalue weighted by molar-refractivity contribution is 7.82. The minimum Gasteiger partial charge on any atom is -0.398 e. The zero-order valence-corrected chi connectivity index (χ0v) is 8.45. The standard InChI is InChI=1S/C8H9NO5S/c9-6-1-2-7-8(5(6)3-4-10)14-15(11,12)13-7/h1-2,10H,3-4,9H2. The maximum absolute atomic E-state index is 11.0. The van der Waals surface area contributed by atoms with E-state index in [1.807, 2.05) is 0 Å². The minimum absolute atomic E-state index is 0.0732. The number of rotatable bonds is 2. The summed E-state index contributed by atoms with van der Waals surface area (Å²) in [6, 6.07) is 2.92. The highest BCUT2D eigenvalue weighted by Crippen LogP contribution is 2.41. The second kappa shape index (κ2) is 3.28. The Balaban J connectivity index is 2.54. The Kier molecular flexibility index (Phi) is 2.20. The SMILES string of the molecule is Nc1ccc2c(c1CCO)OS(=O)(=O)O2. The van der Waals surface area contributed by atoms with Crippen molar-refractivity contribution in [3.63, 3.8) is 0 Å². The Morgan fingerprint density at radius 1 is 1.33 bits per heavy atom. The number of benzene rings is 1. The number of aliphatic hydroxyl groups is 1. The van der Waals surface area contributed by atoms with Crippen LogP contribution < -0.4 is 14.1 Å². The van der Waals surface area contributed by atoms with E-state index in [4.69, 9.17) is 10.8 Å². The molecule has 0 bridgehead atoms. The van der Waals surface area contributed by atoms with Crippen molar-refractivity contribution in [2.24, 2.45) is 0 Å². The van der Waals surface area contributed by atoms with Gasteiger partial charge in [0.25, 0.3) is 0 Å². The third kappa shape index (κ3) is 1.71. The fourth-order valence-electron chi connectivity index (χ4n) is 1.38. The molecule has 1 aromatic carbocycles. The molecule has 0 fully saturated rings. The maximum Gasteiger partial charge on any atom is 0.501 e. The Morgan fingerprint density at radius 2 is 2.07 bits per heavy atom. The number of nitrogen functional groups attached to an aromatic ring is 1. The summed E-state index contributed by atoms with van der Waals surface area (Å²) in [5.74, 6) is 0.178. The quantitative estimate of drug-likeness (QED) is 0.685. The maximum atomic E-state index is 11.0. The van der Waals surface area contributed by atoms with Gasteiger partial charge in [0.2, 0.25) is 0 Å². The van der Waals surface area contributed by atoms with E-state index in [0.29, 0.717) is 11.3 Å². The van der Waals surface area contributed by atoms with E-state index in [-0.39, 0.29) is 24.5 Å². The molecule has 3 N–H and O–H groups in total. The monoisotopic (exact) mass is 231 g/mol. The summed E-state index contributed by atoms with van der Waals surface area (Å²) in [5, 5.41) is 8.80. The Bertz CT molecular complexity index is 496. The third-order valence-corrected chi connectivity index (χ3v) is 2.75. The third-order valence-electron chi connectivity index (χ3n) is 2.00. The lowest BCUT2D eigenvalue weighted by Crippen LogP contribution is -2.08. The van der Waals surface area contributed by atoms with E-state index in [1.54, 1.807) is 0 Å². The number of nitrogens with two attached hydrogens (primary N) is 1. The summed E-state index contributed by atoms with van der Waals surface area (Å²) in [6.07, 6.45) is 0.216. The predicted molar refractivity (Wildman–Crippen MR) is 51.8 cm³/mol. The van der Waals surface area contributed by atoms with Gasteiger partial charge in [0.05, 0.1) is 0 Å². The molecule has 1 heterocycles. The Hall–Kier alpha value is -1.47. The molecule has 0 aliphatic carbocycles. The minimum atomic E-state index is -4.00. The summed E-state index contributed by atoms with van der Waals surface area (Å²) < 4.78 is 31.2. The van der Waals surface area contributed by atoms with Gasteiger partial charge in [-0.2, -0.15) is 0 Å². The lowest BCUT2D eigenvalue weighted by molar-refractivity contribution is 0.299. The van der Waals surface area contributed by atoms with Gasteiger partial charge in [-0.3, -0.25) is 0 Å². The topological polar surface area (TPSA) is 98.9 Å². The summed E-state index contributed by atoms with van der Waals surface area (Å²) in [7, 11) is -4.00. The van der Waals surface area contributed by atoms with Gasteiger partial charge in [-0.15, -0.1) is 8.42 Å². The molecule has 1 aliphatic rings. The molecule has 0 unspecified atom stereocenters. The van der Waals surface area contributed by atoms with E-state index in [9.17, 15) is 8.42 Å². The summed E-state index contributed by atoms with van der Waals surface area (Å²) in [6.45, 7) is -0.149. The highest BCUT2D eigenvalue weighted by Gasteiger charge is 2.31. The van der Waals surface area contributed by atoms with Gasteiger partial charge < -0.3 is 19.2 Å². The average Bonchev–Trinajstić information content (AvgIpc) is 2.46. The molecule has 7 heteroatoms. The Labute approximate surface area is 86.6 Å². The molecule has 1 aliphatic heterocycles. The summed E-state index contributed by atoms with van der Waals surface area (Å²) in [4.78, 5) is 0. The largest absolute Gasteiger partial charge is 0.501 e. The van der Waals surface area contributed by atoms with E-state index >= 15 is 0 Å². The van der Waals surface area contributed by atoms with Crippen LogP contribution in [-0.4, -0.2) is 20.1 Å². The molecule has 0 aromatic heterocycles. The predicted octanol–water partition coefficient (Wildman–Crippen LogP) is -0.180. The first kappa shape index (κ1) is 10.1.